The fourth-order valence-electron chi connectivity index (χ4n) is 4.06. The van der Waals surface area contributed by atoms with E-state index in [4.69, 9.17) is 21.1 Å². The van der Waals surface area contributed by atoms with Gasteiger partial charge in [-0.3, -0.25) is 9.69 Å². The lowest BCUT2D eigenvalue weighted by atomic mass is 10.0. The monoisotopic (exact) mass is 545 g/mol. The molecule has 38 heavy (non-hydrogen) atoms. The second-order valence-corrected chi connectivity index (χ2v) is 9.46. The summed E-state index contributed by atoms with van der Waals surface area (Å²) >= 11 is 5.92. The molecule has 1 saturated heterocycles. The van der Waals surface area contributed by atoms with Crippen LogP contribution in [0.5, 0.6) is 5.75 Å². The van der Waals surface area contributed by atoms with E-state index in [1.807, 2.05) is 7.05 Å². The number of aromatic nitrogens is 2. The minimum absolute atomic E-state index is 0.0349. The van der Waals surface area contributed by atoms with Crippen LogP contribution in [0.4, 0.5) is 20.3 Å². The van der Waals surface area contributed by atoms with Gasteiger partial charge in [0, 0.05) is 69.0 Å². The van der Waals surface area contributed by atoms with E-state index in [2.05, 4.69) is 25.1 Å². The van der Waals surface area contributed by atoms with Crippen molar-refractivity contribution in [1.82, 2.24) is 19.8 Å². The molecule has 2 heterocycles. The normalized spacial score (nSPS) is 15.1. The second kappa shape index (κ2) is 13.1. The van der Waals surface area contributed by atoms with Gasteiger partial charge in [-0.05, 0) is 37.4 Å². The van der Waals surface area contributed by atoms with Gasteiger partial charge >= 0.3 is 0 Å². The number of allylic oxidation sites excluding steroid dienone is 1. The molecule has 11 heteroatoms. The van der Waals surface area contributed by atoms with Crippen molar-refractivity contribution in [2.75, 3.05) is 65.4 Å². The molecule has 1 aliphatic heterocycles. The highest BCUT2D eigenvalue weighted by Crippen LogP contribution is 2.31. The molecule has 0 atom stereocenters. The number of nitrogens with one attached hydrogen (secondary N) is 1. The maximum Gasteiger partial charge on any atom is 0.195 e. The number of likely N-dealkylation sites (N-methyl/N-ethyl adjacent to an activating group) is 1. The fraction of sp³-hybridized carbons (Fsp3) is 0.370. The van der Waals surface area contributed by atoms with Crippen molar-refractivity contribution in [2.24, 2.45) is 0 Å². The number of carbonyl (C=O) groups is 1. The first-order chi connectivity index (χ1) is 18.3. The number of hydrogen-bond acceptors (Lipinski definition) is 8. The minimum atomic E-state index is -0.782. The molecule has 1 aliphatic rings. The molecule has 1 fully saturated rings. The molecule has 3 aromatic rings. The van der Waals surface area contributed by atoms with Crippen molar-refractivity contribution >= 4 is 39.8 Å². The zero-order valence-electron chi connectivity index (χ0n) is 21.3. The quantitative estimate of drug-likeness (QED) is 0.280. The standard InChI is InChI=1S/C27H30ClF2N5O3/c1-34-7-9-35(10-8-34)6-5-23(30)25(36)14-18-13-20-24(16-26(18)38-12-11-37-2)31-17-32-27(20)33-19-3-4-22(29)21(28)15-19/h3-5,13,15-17H,6-12,14H2,1-2H3,(H,31,32,33). The van der Waals surface area contributed by atoms with Crippen LogP contribution in [0.3, 0.4) is 0 Å². The lowest BCUT2D eigenvalue weighted by Gasteiger charge is -2.31. The van der Waals surface area contributed by atoms with Gasteiger partial charge < -0.3 is 19.7 Å². The van der Waals surface area contributed by atoms with E-state index < -0.39 is 17.4 Å². The lowest BCUT2D eigenvalue weighted by molar-refractivity contribution is -0.116. The first-order valence-corrected chi connectivity index (χ1v) is 12.6. The van der Waals surface area contributed by atoms with Gasteiger partial charge in [0.25, 0.3) is 0 Å². The van der Waals surface area contributed by atoms with Crippen molar-refractivity contribution in [3.63, 3.8) is 0 Å². The maximum atomic E-state index is 14.8. The molecule has 1 N–H and O–H groups in total. The van der Waals surface area contributed by atoms with Crippen LogP contribution >= 0.6 is 11.6 Å². The van der Waals surface area contributed by atoms with Gasteiger partial charge in [0.15, 0.2) is 11.6 Å². The molecule has 0 spiro atoms. The summed E-state index contributed by atoms with van der Waals surface area (Å²) in [5, 5.41) is 3.65. The van der Waals surface area contributed by atoms with Crippen LogP contribution in [0.2, 0.25) is 5.02 Å². The number of Topliss-reactive ketones (excluding diaryl/α,β-unsaturated/α-hetero) is 1. The maximum absolute atomic E-state index is 14.8. The summed E-state index contributed by atoms with van der Waals surface area (Å²) in [6.07, 6.45) is 2.51. The summed E-state index contributed by atoms with van der Waals surface area (Å²) in [4.78, 5) is 25.8. The van der Waals surface area contributed by atoms with E-state index in [-0.39, 0.29) is 18.1 Å². The van der Waals surface area contributed by atoms with Gasteiger partial charge in [0.1, 0.15) is 30.3 Å². The van der Waals surface area contributed by atoms with Crippen molar-refractivity contribution < 1.29 is 23.0 Å². The van der Waals surface area contributed by atoms with Crippen LogP contribution in [-0.2, 0) is 16.0 Å². The van der Waals surface area contributed by atoms with E-state index in [0.717, 1.165) is 26.2 Å². The number of methoxy groups -OCH3 is 1. The second-order valence-electron chi connectivity index (χ2n) is 9.05. The van der Waals surface area contributed by atoms with Crippen LogP contribution < -0.4 is 10.1 Å². The zero-order valence-corrected chi connectivity index (χ0v) is 22.1. The number of halogens is 3. The van der Waals surface area contributed by atoms with E-state index >= 15 is 0 Å². The van der Waals surface area contributed by atoms with Crippen molar-refractivity contribution in [3.8, 4) is 5.75 Å². The largest absolute Gasteiger partial charge is 0.491 e. The van der Waals surface area contributed by atoms with Crippen molar-refractivity contribution in [3.05, 3.63) is 65.0 Å². The predicted octanol–water partition coefficient (Wildman–Crippen LogP) is 4.40. The third kappa shape index (κ3) is 7.22. The number of carbonyl (C=O) groups excluding carboxylic acids is 1. The van der Waals surface area contributed by atoms with Gasteiger partial charge in [-0.15, -0.1) is 0 Å². The number of ether oxygens (including phenoxy) is 2. The van der Waals surface area contributed by atoms with E-state index in [1.54, 1.807) is 19.2 Å². The Hall–Kier alpha value is -3.18. The van der Waals surface area contributed by atoms with Crippen LogP contribution in [0.25, 0.3) is 10.9 Å². The number of nitrogens with zero attached hydrogens (tertiary/aromatic N) is 4. The van der Waals surface area contributed by atoms with E-state index in [1.165, 1.54) is 30.6 Å². The third-order valence-corrected chi connectivity index (χ3v) is 6.58. The molecule has 8 nitrogen and oxygen atoms in total. The number of piperazine rings is 1. The lowest BCUT2D eigenvalue weighted by Crippen LogP contribution is -2.44. The molecule has 0 bridgehead atoms. The Labute approximate surface area is 225 Å². The smallest absolute Gasteiger partial charge is 0.195 e. The number of hydrogen-bond donors (Lipinski definition) is 1. The number of fused-ring (bicyclic) bond motifs is 1. The Morgan fingerprint density at radius 3 is 2.68 bits per heavy atom. The third-order valence-electron chi connectivity index (χ3n) is 6.29. The van der Waals surface area contributed by atoms with Gasteiger partial charge in [-0.2, -0.15) is 0 Å². The highest BCUT2D eigenvalue weighted by atomic mass is 35.5. The number of benzene rings is 2. The van der Waals surface area contributed by atoms with Gasteiger partial charge in [-0.25, -0.2) is 18.7 Å². The van der Waals surface area contributed by atoms with Crippen LogP contribution in [0.15, 0.2) is 48.6 Å². The highest BCUT2D eigenvalue weighted by molar-refractivity contribution is 6.31. The molecule has 202 valence electrons. The first-order valence-electron chi connectivity index (χ1n) is 12.2. The van der Waals surface area contributed by atoms with Gasteiger partial charge in [-0.1, -0.05) is 11.6 Å². The van der Waals surface area contributed by atoms with Crippen molar-refractivity contribution in [2.45, 2.75) is 6.42 Å². The summed E-state index contributed by atoms with van der Waals surface area (Å²) in [5.41, 5.74) is 1.55. The zero-order chi connectivity index (χ0) is 27.1. The average Bonchev–Trinajstić information content (AvgIpc) is 2.91. The van der Waals surface area contributed by atoms with Crippen LogP contribution in [0.1, 0.15) is 5.56 Å². The fourth-order valence-corrected chi connectivity index (χ4v) is 4.24. The average molecular weight is 546 g/mol. The minimum Gasteiger partial charge on any atom is -0.491 e. The van der Waals surface area contributed by atoms with Crippen LogP contribution in [0, 0.1) is 5.82 Å². The van der Waals surface area contributed by atoms with E-state index in [9.17, 15) is 13.6 Å². The van der Waals surface area contributed by atoms with Crippen molar-refractivity contribution in [1.29, 1.82) is 0 Å². The van der Waals surface area contributed by atoms with E-state index in [0.29, 0.717) is 46.9 Å². The van der Waals surface area contributed by atoms with Gasteiger partial charge in [0.2, 0.25) is 0 Å². The molecule has 0 unspecified atom stereocenters. The Balaban J connectivity index is 1.59. The predicted molar refractivity (Wildman–Crippen MR) is 143 cm³/mol. The summed E-state index contributed by atoms with van der Waals surface area (Å²) in [5.74, 6) is -1.14. The molecular formula is C27H30ClF2N5O3. The first kappa shape index (κ1) is 27.8. The summed E-state index contributed by atoms with van der Waals surface area (Å²) in [6, 6.07) is 7.61. The number of rotatable bonds is 11. The Morgan fingerprint density at radius 1 is 1.16 bits per heavy atom. The summed E-state index contributed by atoms with van der Waals surface area (Å²) in [6.45, 7) is 4.43. The Bertz CT molecular complexity index is 1320. The molecule has 1 aromatic heterocycles. The summed E-state index contributed by atoms with van der Waals surface area (Å²) < 4.78 is 39.3. The topological polar surface area (TPSA) is 79.8 Å². The number of anilines is 2. The molecule has 0 radical (unpaired) electrons. The highest BCUT2D eigenvalue weighted by Gasteiger charge is 2.18. The number of ketones is 1. The molecule has 0 amide bonds. The molecular weight excluding hydrogens is 516 g/mol. The molecule has 2 aromatic carbocycles. The Kier molecular flexibility index (Phi) is 9.57. The van der Waals surface area contributed by atoms with Crippen LogP contribution in [-0.4, -0.2) is 85.6 Å². The molecule has 0 aliphatic carbocycles. The Morgan fingerprint density at radius 2 is 1.95 bits per heavy atom. The van der Waals surface area contributed by atoms with Gasteiger partial charge in [0.05, 0.1) is 17.1 Å². The molecule has 0 saturated carbocycles. The summed E-state index contributed by atoms with van der Waals surface area (Å²) in [7, 11) is 3.61. The SMILES string of the molecule is COCCOc1cc2ncnc(Nc3ccc(F)c(Cl)c3)c2cc1CC(=O)C(F)=CCN1CCN(C)CC1. The molecule has 4 rings (SSSR count).